The van der Waals surface area contributed by atoms with Gasteiger partial charge in [0.15, 0.2) is 11.6 Å². The van der Waals surface area contributed by atoms with Crippen molar-refractivity contribution in [2.45, 2.75) is 25.4 Å². The number of ether oxygens (including phenoxy) is 1. The lowest BCUT2D eigenvalue weighted by Crippen LogP contribution is -2.25. The number of rotatable bonds is 2. The first-order valence-corrected chi connectivity index (χ1v) is 4.23. The second kappa shape index (κ2) is 3.01. The van der Waals surface area contributed by atoms with Gasteiger partial charge in [0.1, 0.15) is 0 Å². The van der Waals surface area contributed by atoms with Gasteiger partial charge in [-0.15, -0.1) is 0 Å². The predicted octanol–water partition coefficient (Wildman–Crippen LogP) is 1.60. The van der Waals surface area contributed by atoms with Crippen molar-refractivity contribution in [3.8, 4) is 5.75 Å². The van der Waals surface area contributed by atoms with Crippen LogP contribution >= 0.6 is 0 Å². The molecule has 64 valence electrons. The van der Waals surface area contributed by atoms with Gasteiger partial charge in [0.05, 0.1) is 6.10 Å². The van der Waals surface area contributed by atoms with Gasteiger partial charge in [-0.25, -0.2) is 4.98 Å². The van der Waals surface area contributed by atoms with E-state index >= 15 is 0 Å². The van der Waals surface area contributed by atoms with Crippen LogP contribution in [0.5, 0.6) is 5.75 Å². The van der Waals surface area contributed by atoms with E-state index in [1.807, 2.05) is 12.1 Å². The number of hydrogen-bond acceptors (Lipinski definition) is 3. The van der Waals surface area contributed by atoms with Gasteiger partial charge in [-0.05, 0) is 31.4 Å². The lowest BCUT2D eigenvalue weighted by molar-refractivity contribution is 0.121. The van der Waals surface area contributed by atoms with Gasteiger partial charge in [0.2, 0.25) is 0 Å². The van der Waals surface area contributed by atoms with Crippen LogP contribution in [-0.4, -0.2) is 11.1 Å². The summed E-state index contributed by atoms with van der Waals surface area (Å²) in [7, 11) is 0. The zero-order chi connectivity index (χ0) is 8.39. The molecule has 0 atom stereocenters. The molecule has 0 aromatic carbocycles. The number of nitrogen functional groups attached to an aromatic ring is 1. The SMILES string of the molecule is Nc1ncccc1OC1CCC1. The topological polar surface area (TPSA) is 48.1 Å². The molecule has 1 aromatic heterocycles. The molecule has 1 aliphatic rings. The Morgan fingerprint density at radius 3 is 2.92 bits per heavy atom. The fourth-order valence-corrected chi connectivity index (χ4v) is 1.17. The summed E-state index contributed by atoms with van der Waals surface area (Å²) in [5.41, 5.74) is 5.61. The summed E-state index contributed by atoms with van der Waals surface area (Å²) >= 11 is 0. The molecule has 12 heavy (non-hydrogen) atoms. The third kappa shape index (κ3) is 1.35. The van der Waals surface area contributed by atoms with Gasteiger partial charge in [-0.2, -0.15) is 0 Å². The summed E-state index contributed by atoms with van der Waals surface area (Å²) in [5, 5.41) is 0. The van der Waals surface area contributed by atoms with Crippen molar-refractivity contribution < 1.29 is 4.74 Å². The van der Waals surface area contributed by atoms with Crippen LogP contribution in [0.2, 0.25) is 0 Å². The van der Waals surface area contributed by atoms with E-state index in [-0.39, 0.29) is 0 Å². The summed E-state index contributed by atoms with van der Waals surface area (Å²) in [5.74, 6) is 1.21. The van der Waals surface area contributed by atoms with Gasteiger partial charge in [-0.3, -0.25) is 0 Å². The number of nitrogens with two attached hydrogens (primary N) is 1. The number of nitrogens with zero attached hydrogens (tertiary/aromatic N) is 1. The molecular formula is C9H12N2O. The molecule has 1 aliphatic carbocycles. The number of pyridine rings is 1. The van der Waals surface area contributed by atoms with Crippen molar-refractivity contribution in [1.29, 1.82) is 0 Å². The molecule has 1 saturated carbocycles. The molecule has 0 amide bonds. The Bertz CT molecular complexity index is 271. The Morgan fingerprint density at radius 1 is 1.50 bits per heavy atom. The summed E-state index contributed by atoms with van der Waals surface area (Å²) in [6, 6.07) is 3.70. The Labute approximate surface area is 71.6 Å². The quantitative estimate of drug-likeness (QED) is 0.722. The molecule has 0 unspecified atom stereocenters. The Hall–Kier alpha value is -1.25. The number of aromatic nitrogens is 1. The van der Waals surface area contributed by atoms with Crippen molar-refractivity contribution in [3.05, 3.63) is 18.3 Å². The molecule has 2 rings (SSSR count). The van der Waals surface area contributed by atoms with Crippen molar-refractivity contribution in [2.24, 2.45) is 0 Å². The molecule has 1 aromatic rings. The minimum Gasteiger partial charge on any atom is -0.487 e. The Balaban J connectivity index is 2.06. The molecule has 1 fully saturated rings. The maximum Gasteiger partial charge on any atom is 0.166 e. The number of hydrogen-bond donors (Lipinski definition) is 1. The molecule has 0 spiro atoms. The van der Waals surface area contributed by atoms with Crippen LogP contribution in [0.1, 0.15) is 19.3 Å². The monoisotopic (exact) mass is 164 g/mol. The first-order chi connectivity index (χ1) is 5.86. The highest BCUT2D eigenvalue weighted by molar-refractivity contribution is 5.44. The lowest BCUT2D eigenvalue weighted by atomic mass is 9.96. The molecule has 0 radical (unpaired) electrons. The fourth-order valence-electron chi connectivity index (χ4n) is 1.17. The minimum atomic E-state index is 0.372. The van der Waals surface area contributed by atoms with E-state index in [4.69, 9.17) is 10.5 Å². The minimum absolute atomic E-state index is 0.372. The van der Waals surface area contributed by atoms with E-state index in [0.717, 1.165) is 18.6 Å². The Kier molecular flexibility index (Phi) is 1.86. The summed E-state index contributed by atoms with van der Waals surface area (Å²) in [6.07, 6.45) is 5.60. The first kappa shape index (κ1) is 7.40. The largest absolute Gasteiger partial charge is 0.487 e. The highest BCUT2D eigenvalue weighted by Gasteiger charge is 2.19. The zero-order valence-corrected chi connectivity index (χ0v) is 6.86. The van der Waals surface area contributed by atoms with Gasteiger partial charge < -0.3 is 10.5 Å². The van der Waals surface area contributed by atoms with Crippen LogP contribution in [0.4, 0.5) is 5.82 Å². The molecule has 0 bridgehead atoms. The van der Waals surface area contributed by atoms with E-state index in [9.17, 15) is 0 Å². The Morgan fingerprint density at radius 2 is 2.33 bits per heavy atom. The first-order valence-electron chi connectivity index (χ1n) is 4.23. The zero-order valence-electron chi connectivity index (χ0n) is 6.86. The molecule has 1 heterocycles. The second-order valence-corrected chi connectivity index (χ2v) is 3.06. The van der Waals surface area contributed by atoms with E-state index < -0.39 is 0 Å². The maximum absolute atomic E-state index is 5.61. The van der Waals surface area contributed by atoms with E-state index in [1.54, 1.807) is 6.20 Å². The summed E-state index contributed by atoms with van der Waals surface area (Å²) in [6.45, 7) is 0. The van der Waals surface area contributed by atoms with Crippen LogP contribution in [0.15, 0.2) is 18.3 Å². The summed E-state index contributed by atoms with van der Waals surface area (Å²) in [4.78, 5) is 3.94. The highest BCUT2D eigenvalue weighted by atomic mass is 16.5. The molecule has 2 N–H and O–H groups in total. The smallest absolute Gasteiger partial charge is 0.166 e. The molecule has 3 nitrogen and oxygen atoms in total. The fraction of sp³-hybridized carbons (Fsp3) is 0.444. The van der Waals surface area contributed by atoms with Crippen LogP contribution in [0.3, 0.4) is 0 Å². The molecule has 3 heteroatoms. The van der Waals surface area contributed by atoms with Crippen LogP contribution in [0, 0.1) is 0 Å². The van der Waals surface area contributed by atoms with E-state index in [1.165, 1.54) is 6.42 Å². The van der Waals surface area contributed by atoms with Crippen LogP contribution in [0.25, 0.3) is 0 Å². The standard InChI is InChI=1S/C9H12N2O/c10-9-8(5-2-6-11-9)12-7-3-1-4-7/h2,5-7H,1,3-4H2,(H2,10,11). The van der Waals surface area contributed by atoms with Gasteiger partial charge >= 0.3 is 0 Å². The maximum atomic E-state index is 5.61. The normalized spacial score (nSPS) is 17.0. The van der Waals surface area contributed by atoms with Gasteiger partial charge in [0, 0.05) is 6.20 Å². The second-order valence-electron chi connectivity index (χ2n) is 3.06. The molecule has 0 aliphatic heterocycles. The molecular weight excluding hydrogens is 152 g/mol. The van der Waals surface area contributed by atoms with E-state index in [0.29, 0.717) is 11.9 Å². The van der Waals surface area contributed by atoms with Gasteiger partial charge in [0.25, 0.3) is 0 Å². The van der Waals surface area contributed by atoms with Crippen molar-refractivity contribution >= 4 is 5.82 Å². The van der Waals surface area contributed by atoms with Crippen LogP contribution in [-0.2, 0) is 0 Å². The average molecular weight is 164 g/mol. The van der Waals surface area contributed by atoms with Crippen LogP contribution < -0.4 is 10.5 Å². The van der Waals surface area contributed by atoms with Gasteiger partial charge in [-0.1, -0.05) is 0 Å². The van der Waals surface area contributed by atoms with Crippen molar-refractivity contribution in [2.75, 3.05) is 5.73 Å². The van der Waals surface area contributed by atoms with E-state index in [2.05, 4.69) is 4.98 Å². The third-order valence-electron chi connectivity index (χ3n) is 2.15. The average Bonchev–Trinajstić information content (AvgIpc) is 2.00. The number of anilines is 1. The van der Waals surface area contributed by atoms with Crippen molar-refractivity contribution in [1.82, 2.24) is 4.98 Å². The highest BCUT2D eigenvalue weighted by Crippen LogP contribution is 2.27. The predicted molar refractivity (Wildman–Crippen MR) is 46.9 cm³/mol. The third-order valence-corrected chi connectivity index (χ3v) is 2.15. The lowest BCUT2D eigenvalue weighted by Gasteiger charge is -2.26. The summed E-state index contributed by atoms with van der Waals surface area (Å²) < 4.78 is 5.59. The molecule has 0 saturated heterocycles. The van der Waals surface area contributed by atoms with Crippen molar-refractivity contribution in [3.63, 3.8) is 0 Å².